The molecule has 2 aliphatic heterocycles. The first-order valence-electron chi connectivity index (χ1n) is 7.89. The Morgan fingerprint density at radius 2 is 2.15 bits per heavy atom. The van der Waals surface area contributed by atoms with E-state index in [1.807, 2.05) is 6.20 Å². The zero-order chi connectivity index (χ0) is 13.9. The zero-order valence-electron chi connectivity index (χ0n) is 12.7. The lowest BCUT2D eigenvalue weighted by atomic mass is 10.1. The predicted molar refractivity (Wildman–Crippen MR) is 82.9 cm³/mol. The molecular formula is C16H26N4. The highest BCUT2D eigenvalue weighted by atomic mass is 15.3. The number of rotatable bonds is 4. The predicted octanol–water partition coefficient (Wildman–Crippen LogP) is 2.18. The van der Waals surface area contributed by atoms with E-state index in [-0.39, 0.29) is 0 Å². The monoisotopic (exact) mass is 274 g/mol. The SMILES string of the molecule is CCNc1cc(CN2CCC3CCC(C2)N3C)ccn1. The highest BCUT2D eigenvalue weighted by molar-refractivity contribution is 5.37. The number of aromatic nitrogens is 1. The summed E-state index contributed by atoms with van der Waals surface area (Å²) in [6.07, 6.45) is 6.01. The maximum Gasteiger partial charge on any atom is 0.126 e. The Morgan fingerprint density at radius 1 is 1.30 bits per heavy atom. The third kappa shape index (κ3) is 2.96. The molecule has 4 nitrogen and oxygen atoms in total. The van der Waals surface area contributed by atoms with Gasteiger partial charge in [0.25, 0.3) is 0 Å². The quantitative estimate of drug-likeness (QED) is 0.912. The molecule has 0 amide bonds. The summed E-state index contributed by atoms with van der Waals surface area (Å²) in [4.78, 5) is 9.58. The van der Waals surface area contributed by atoms with Crippen LogP contribution in [0, 0.1) is 0 Å². The van der Waals surface area contributed by atoms with Gasteiger partial charge in [-0.05, 0) is 50.9 Å². The van der Waals surface area contributed by atoms with Crippen molar-refractivity contribution in [1.29, 1.82) is 0 Å². The Labute approximate surface area is 122 Å². The summed E-state index contributed by atoms with van der Waals surface area (Å²) in [6.45, 7) is 6.53. The Hall–Kier alpha value is -1.13. The molecule has 0 spiro atoms. The number of likely N-dealkylation sites (N-methyl/N-ethyl adjacent to an activating group) is 1. The van der Waals surface area contributed by atoms with Crippen LogP contribution < -0.4 is 5.32 Å². The second-order valence-corrected chi connectivity index (χ2v) is 6.15. The van der Waals surface area contributed by atoms with Crippen LogP contribution in [-0.4, -0.2) is 53.5 Å². The van der Waals surface area contributed by atoms with E-state index in [4.69, 9.17) is 0 Å². The molecular weight excluding hydrogens is 248 g/mol. The maximum atomic E-state index is 4.35. The molecule has 1 aromatic rings. The Balaban J connectivity index is 1.64. The van der Waals surface area contributed by atoms with Crippen molar-refractivity contribution in [1.82, 2.24) is 14.8 Å². The van der Waals surface area contributed by atoms with Crippen LogP contribution in [0.25, 0.3) is 0 Å². The Bertz CT molecular complexity index is 448. The van der Waals surface area contributed by atoms with E-state index in [0.29, 0.717) is 0 Å². The summed E-state index contributed by atoms with van der Waals surface area (Å²) in [5.74, 6) is 0.999. The average molecular weight is 274 g/mol. The van der Waals surface area contributed by atoms with Gasteiger partial charge >= 0.3 is 0 Å². The van der Waals surface area contributed by atoms with Crippen LogP contribution in [0.4, 0.5) is 5.82 Å². The molecule has 0 saturated carbocycles. The van der Waals surface area contributed by atoms with Gasteiger partial charge in [-0.3, -0.25) is 9.80 Å². The lowest BCUT2D eigenvalue weighted by molar-refractivity contribution is 0.214. The fourth-order valence-electron chi connectivity index (χ4n) is 3.63. The van der Waals surface area contributed by atoms with Crippen LogP contribution in [0.15, 0.2) is 18.3 Å². The van der Waals surface area contributed by atoms with E-state index >= 15 is 0 Å². The highest BCUT2D eigenvalue weighted by Gasteiger charge is 2.34. The molecule has 3 heterocycles. The number of hydrogen-bond donors (Lipinski definition) is 1. The largest absolute Gasteiger partial charge is 0.370 e. The summed E-state index contributed by atoms with van der Waals surface area (Å²) in [5, 5.41) is 3.29. The van der Waals surface area contributed by atoms with Gasteiger partial charge in [-0.25, -0.2) is 4.98 Å². The van der Waals surface area contributed by atoms with Crippen LogP contribution >= 0.6 is 0 Å². The van der Waals surface area contributed by atoms with Crippen LogP contribution in [0.3, 0.4) is 0 Å². The highest BCUT2D eigenvalue weighted by Crippen LogP contribution is 2.29. The maximum absolute atomic E-state index is 4.35. The molecule has 1 aromatic heterocycles. The second kappa shape index (κ2) is 6.10. The smallest absolute Gasteiger partial charge is 0.126 e. The van der Waals surface area contributed by atoms with E-state index < -0.39 is 0 Å². The molecule has 1 N–H and O–H groups in total. The topological polar surface area (TPSA) is 31.4 Å². The minimum Gasteiger partial charge on any atom is -0.370 e. The van der Waals surface area contributed by atoms with Crippen molar-refractivity contribution in [3.05, 3.63) is 23.9 Å². The molecule has 2 unspecified atom stereocenters. The standard InChI is InChI=1S/C16H26N4/c1-3-17-16-10-13(6-8-18-16)11-20-9-7-14-4-5-15(12-20)19(14)2/h6,8,10,14-15H,3-5,7,9,11-12H2,1-2H3,(H,17,18). The molecule has 0 aromatic carbocycles. The van der Waals surface area contributed by atoms with Crippen molar-refractivity contribution in [3.63, 3.8) is 0 Å². The fourth-order valence-corrected chi connectivity index (χ4v) is 3.63. The lowest BCUT2D eigenvalue weighted by Crippen LogP contribution is -2.36. The number of anilines is 1. The number of likely N-dealkylation sites (tertiary alicyclic amines) is 1. The van der Waals surface area contributed by atoms with Gasteiger partial charge in [-0.1, -0.05) is 0 Å². The van der Waals surface area contributed by atoms with E-state index in [2.05, 4.69) is 46.2 Å². The Kier molecular flexibility index (Phi) is 4.22. The third-order valence-corrected chi connectivity index (χ3v) is 4.82. The molecule has 4 heteroatoms. The molecule has 3 rings (SSSR count). The second-order valence-electron chi connectivity index (χ2n) is 6.15. The molecule has 2 bridgehead atoms. The molecule has 0 radical (unpaired) electrons. The van der Waals surface area contributed by atoms with E-state index in [9.17, 15) is 0 Å². The van der Waals surface area contributed by atoms with Crippen LogP contribution in [0.5, 0.6) is 0 Å². The Morgan fingerprint density at radius 3 is 3.00 bits per heavy atom. The van der Waals surface area contributed by atoms with Crippen molar-refractivity contribution in [2.75, 3.05) is 32.0 Å². The average Bonchev–Trinajstić information content (AvgIpc) is 2.68. The normalized spacial score (nSPS) is 27.5. The van der Waals surface area contributed by atoms with Gasteiger partial charge in [-0.2, -0.15) is 0 Å². The summed E-state index contributed by atoms with van der Waals surface area (Å²) in [6, 6.07) is 5.92. The van der Waals surface area contributed by atoms with E-state index in [1.54, 1.807) is 0 Å². The van der Waals surface area contributed by atoms with Gasteiger partial charge in [0, 0.05) is 44.5 Å². The number of pyridine rings is 1. The molecule has 110 valence electrons. The van der Waals surface area contributed by atoms with Crippen LogP contribution in [0.1, 0.15) is 31.7 Å². The summed E-state index contributed by atoms with van der Waals surface area (Å²) < 4.78 is 0. The van der Waals surface area contributed by atoms with Crippen molar-refractivity contribution >= 4 is 5.82 Å². The molecule has 20 heavy (non-hydrogen) atoms. The van der Waals surface area contributed by atoms with Gasteiger partial charge in [0.15, 0.2) is 0 Å². The molecule has 2 atom stereocenters. The van der Waals surface area contributed by atoms with Crippen molar-refractivity contribution < 1.29 is 0 Å². The molecule has 0 aliphatic carbocycles. The van der Waals surface area contributed by atoms with Gasteiger partial charge < -0.3 is 5.32 Å². The number of fused-ring (bicyclic) bond motifs is 2. The number of nitrogens with zero attached hydrogens (tertiary/aromatic N) is 3. The first-order chi connectivity index (χ1) is 9.76. The number of nitrogens with one attached hydrogen (secondary N) is 1. The van der Waals surface area contributed by atoms with Crippen molar-refractivity contribution in [2.45, 2.75) is 44.8 Å². The van der Waals surface area contributed by atoms with E-state index in [0.717, 1.165) is 31.0 Å². The zero-order valence-corrected chi connectivity index (χ0v) is 12.7. The van der Waals surface area contributed by atoms with E-state index in [1.165, 1.54) is 37.9 Å². The summed E-state index contributed by atoms with van der Waals surface area (Å²) in [7, 11) is 2.31. The molecule has 2 fully saturated rings. The van der Waals surface area contributed by atoms with Crippen molar-refractivity contribution in [3.8, 4) is 0 Å². The van der Waals surface area contributed by atoms with Gasteiger partial charge in [-0.15, -0.1) is 0 Å². The fraction of sp³-hybridized carbons (Fsp3) is 0.688. The summed E-state index contributed by atoms with van der Waals surface area (Å²) >= 11 is 0. The first kappa shape index (κ1) is 13.8. The minimum absolute atomic E-state index is 0.762. The minimum atomic E-state index is 0.762. The number of hydrogen-bond acceptors (Lipinski definition) is 4. The van der Waals surface area contributed by atoms with Crippen LogP contribution in [-0.2, 0) is 6.54 Å². The molecule has 2 aliphatic rings. The third-order valence-electron chi connectivity index (χ3n) is 4.82. The molecule has 2 saturated heterocycles. The van der Waals surface area contributed by atoms with Gasteiger partial charge in [0.2, 0.25) is 0 Å². The van der Waals surface area contributed by atoms with Crippen LogP contribution in [0.2, 0.25) is 0 Å². The van der Waals surface area contributed by atoms with Crippen molar-refractivity contribution in [2.24, 2.45) is 0 Å². The lowest BCUT2D eigenvalue weighted by Gasteiger charge is -2.25. The van der Waals surface area contributed by atoms with Gasteiger partial charge in [0.1, 0.15) is 5.82 Å². The first-order valence-corrected chi connectivity index (χ1v) is 7.89. The van der Waals surface area contributed by atoms with Gasteiger partial charge in [0.05, 0.1) is 0 Å². The summed E-state index contributed by atoms with van der Waals surface area (Å²) in [5.41, 5.74) is 1.37.